The zero-order chi connectivity index (χ0) is 13.1. The summed E-state index contributed by atoms with van der Waals surface area (Å²) in [6.07, 6.45) is 0.276. The summed E-state index contributed by atoms with van der Waals surface area (Å²) in [6.45, 7) is 12.3. The largest absolute Gasteiger partial charge is 0.382 e. The number of aryl methyl sites for hydroxylation is 2. The monoisotopic (exact) mass is 248 g/mol. The van der Waals surface area contributed by atoms with E-state index in [4.69, 9.17) is 4.74 Å². The molecule has 1 saturated heterocycles. The van der Waals surface area contributed by atoms with E-state index in [1.165, 1.54) is 27.9 Å². The Labute approximate surface area is 110 Å². The minimum absolute atomic E-state index is 0.276. The molecule has 1 heterocycles. The quantitative estimate of drug-likeness (QED) is 0.861. The first-order valence-corrected chi connectivity index (χ1v) is 6.73. The van der Waals surface area contributed by atoms with E-state index in [0.29, 0.717) is 0 Å². The van der Waals surface area contributed by atoms with Crippen LogP contribution in [0.25, 0.3) is 0 Å². The average Bonchev–Trinajstić information content (AvgIpc) is 2.38. The van der Waals surface area contributed by atoms with Crippen molar-refractivity contribution < 1.29 is 4.74 Å². The molecule has 1 unspecified atom stereocenters. The summed E-state index contributed by atoms with van der Waals surface area (Å²) in [7, 11) is 0. The van der Waals surface area contributed by atoms with Crippen LogP contribution in [-0.2, 0) is 4.74 Å². The molecule has 1 aliphatic heterocycles. The summed E-state index contributed by atoms with van der Waals surface area (Å²) in [5.74, 6) is 0. The first-order chi connectivity index (χ1) is 8.59. The van der Waals surface area contributed by atoms with Gasteiger partial charge in [-0.1, -0.05) is 6.07 Å². The van der Waals surface area contributed by atoms with Crippen LogP contribution in [0, 0.1) is 27.7 Å². The first-order valence-electron chi connectivity index (χ1n) is 6.73. The van der Waals surface area contributed by atoms with Gasteiger partial charge < -0.3 is 15.4 Å². The first kappa shape index (κ1) is 13.4. The maximum atomic E-state index is 5.71. The zero-order valence-corrected chi connectivity index (χ0v) is 11.9. The second-order valence-electron chi connectivity index (χ2n) is 5.21. The van der Waals surface area contributed by atoms with E-state index in [1.807, 2.05) is 0 Å². The molecule has 1 fully saturated rings. The topological polar surface area (TPSA) is 33.3 Å². The van der Waals surface area contributed by atoms with Gasteiger partial charge in [-0.05, 0) is 49.9 Å². The fourth-order valence-electron chi connectivity index (χ4n) is 2.45. The average molecular weight is 248 g/mol. The molecule has 100 valence electrons. The van der Waals surface area contributed by atoms with Crippen molar-refractivity contribution in [2.75, 3.05) is 31.6 Å². The van der Waals surface area contributed by atoms with Crippen LogP contribution < -0.4 is 10.6 Å². The van der Waals surface area contributed by atoms with Crippen LogP contribution in [0.5, 0.6) is 0 Å². The van der Waals surface area contributed by atoms with Crippen molar-refractivity contribution in [3.63, 3.8) is 0 Å². The molecule has 0 amide bonds. The Hall–Kier alpha value is -1.06. The van der Waals surface area contributed by atoms with Crippen LogP contribution in [0.2, 0.25) is 0 Å². The third-order valence-corrected chi connectivity index (χ3v) is 3.88. The number of rotatable bonds is 3. The van der Waals surface area contributed by atoms with Crippen LogP contribution >= 0.6 is 0 Å². The van der Waals surface area contributed by atoms with Crippen LogP contribution in [0.3, 0.4) is 0 Å². The van der Waals surface area contributed by atoms with Crippen molar-refractivity contribution in [1.82, 2.24) is 5.32 Å². The normalized spacial score (nSPS) is 19.9. The van der Waals surface area contributed by atoms with Crippen molar-refractivity contribution in [3.8, 4) is 0 Å². The van der Waals surface area contributed by atoms with Crippen LogP contribution in [0.4, 0.5) is 5.69 Å². The van der Waals surface area contributed by atoms with Gasteiger partial charge in [-0.25, -0.2) is 0 Å². The SMILES string of the molecule is Cc1cc(C)c(C)c(NCC2CNCCO2)c1C. The molecule has 0 bridgehead atoms. The van der Waals surface area contributed by atoms with Gasteiger partial charge in [0, 0.05) is 25.3 Å². The molecule has 1 aliphatic rings. The number of morpholine rings is 1. The lowest BCUT2D eigenvalue weighted by molar-refractivity contribution is 0.0372. The molecule has 0 saturated carbocycles. The Balaban J connectivity index is 2.08. The molecule has 18 heavy (non-hydrogen) atoms. The highest BCUT2D eigenvalue weighted by Gasteiger charge is 2.14. The smallest absolute Gasteiger partial charge is 0.0872 e. The fraction of sp³-hybridized carbons (Fsp3) is 0.600. The van der Waals surface area contributed by atoms with Gasteiger partial charge in [-0.2, -0.15) is 0 Å². The van der Waals surface area contributed by atoms with E-state index in [1.54, 1.807) is 0 Å². The summed E-state index contributed by atoms with van der Waals surface area (Å²) in [5.41, 5.74) is 6.68. The molecule has 0 aliphatic carbocycles. The molecule has 0 radical (unpaired) electrons. The predicted octanol–water partition coefficient (Wildman–Crippen LogP) is 2.32. The van der Waals surface area contributed by atoms with Crippen molar-refractivity contribution in [2.24, 2.45) is 0 Å². The summed E-state index contributed by atoms with van der Waals surface area (Å²) < 4.78 is 5.71. The van der Waals surface area contributed by atoms with Gasteiger partial charge in [0.2, 0.25) is 0 Å². The number of anilines is 1. The van der Waals surface area contributed by atoms with Gasteiger partial charge in [0.05, 0.1) is 12.7 Å². The minimum atomic E-state index is 0.276. The molecular formula is C15H24N2O. The van der Waals surface area contributed by atoms with Gasteiger partial charge in [0.15, 0.2) is 0 Å². The second kappa shape index (κ2) is 5.72. The van der Waals surface area contributed by atoms with Gasteiger partial charge in [-0.15, -0.1) is 0 Å². The third kappa shape index (κ3) is 2.85. The van der Waals surface area contributed by atoms with Gasteiger partial charge in [0.25, 0.3) is 0 Å². The van der Waals surface area contributed by atoms with Crippen molar-refractivity contribution in [1.29, 1.82) is 0 Å². The van der Waals surface area contributed by atoms with Gasteiger partial charge in [-0.3, -0.25) is 0 Å². The highest BCUT2D eigenvalue weighted by molar-refractivity contribution is 5.62. The summed E-state index contributed by atoms with van der Waals surface area (Å²) in [6, 6.07) is 2.26. The number of hydrogen-bond acceptors (Lipinski definition) is 3. The van der Waals surface area contributed by atoms with Gasteiger partial charge >= 0.3 is 0 Å². The van der Waals surface area contributed by atoms with Crippen LogP contribution in [-0.4, -0.2) is 32.3 Å². The van der Waals surface area contributed by atoms with E-state index in [0.717, 1.165) is 26.2 Å². The predicted molar refractivity (Wildman–Crippen MR) is 76.5 cm³/mol. The number of hydrogen-bond donors (Lipinski definition) is 2. The Morgan fingerprint density at radius 3 is 2.44 bits per heavy atom. The zero-order valence-electron chi connectivity index (χ0n) is 11.9. The molecule has 0 aromatic heterocycles. The van der Waals surface area contributed by atoms with E-state index < -0.39 is 0 Å². The number of ether oxygens (including phenoxy) is 1. The fourth-order valence-corrected chi connectivity index (χ4v) is 2.45. The summed E-state index contributed by atoms with van der Waals surface area (Å²) in [4.78, 5) is 0. The molecule has 0 spiro atoms. The van der Waals surface area contributed by atoms with E-state index in [9.17, 15) is 0 Å². The highest BCUT2D eigenvalue weighted by Crippen LogP contribution is 2.26. The molecule has 1 atom stereocenters. The Morgan fingerprint density at radius 1 is 1.22 bits per heavy atom. The van der Waals surface area contributed by atoms with Gasteiger partial charge in [0.1, 0.15) is 0 Å². The van der Waals surface area contributed by atoms with Crippen LogP contribution in [0.1, 0.15) is 22.3 Å². The molecule has 3 nitrogen and oxygen atoms in total. The highest BCUT2D eigenvalue weighted by atomic mass is 16.5. The minimum Gasteiger partial charge on any atom is -0.382 e. The molecule has 2 N–H and O–H groups in total. The lowest BCUT2D eigenvalue weighted by Crippen LogP contribution is -2.42. The summed E-state index contributed by atoms with van der Waals surface area (Å²) in [5, 5.41) is 6.93. The maximum Gasteiger partial charge on any atom is 0.0872 e. The van der Waals surface area contributed by atoms with E-state index in [-0.39, 0.29) is 6.10 Å². The standard InChI is InChI=1S/C15H24N2O/c1-10-7-11(2)13(4)15(12(10)3)17-9-14-8-16-5-6-18-14/h7,14,16-17H,5-6,8-9H2,1-4H3. The van der Waals surface area contributed by atoms with E-state index >= 15 is 0 Å². The third-order valence-electron chi connectivity index (χ3n) is 3.88. The van der Waals surface area contributed by atoms with E-state index in [2.05, 4.69) is 44.4 Å². The lowest BCUT2D eigenvalue weighted by Gasteiger charge is -2.25. The Morgan fingerprint density at radius 2 is 1.89 bits per heavy atom. The second-order valence-corrected chi connectivity index (χ2v) is 5.21. The molecule has 2 rings (SSSR count). The molecule has 1 aromatic rings. The maximum absolute atomic E-state index is 5.71. The Kier molecular flexibility index (Phi) is 4.25. The number of benzene rings is 1. The lowest BCUT2D eigenvalue weighted by atomic mass is 9.98. The van der Waals surface area contributed by atoms with Crippen LogP contribution in [0.15, 0.2) is 6.07 Å². The number of nitrogens with one attached hydrogen (secondary N) is 2. The molecule has 1 aromatic carbocycles. The van der Waals surface area contributed by atoms with Crippen molar-refractivity contribution >= 4 is 5.69 Å². The van der Waals surface area contributed by atoms with Crippen molar-refractivity contribution in [2.45, 2.75) is 33.8 Å². The molecule has 3 heteroatoms. The molecular weight excluding hydrogens is 224 g/mol. The summed E-state index contributed by atoms with van der Waals surface area (Å²) >= 11 is 0. The van der Waals surface area contributed by atoms with Crippen molar-refractivity contribution in [3.05, 3.63) is 28.3 Å². The Bertz CT molecular complexity index is 397.